The highest BCUT2D eigenvalue weighted by atomic mass is 15.0. The van der Waals surface area contributed by atoms with Crippen LogP contribution in [0.4, 0.5) is 5.82 Å². The number of nitrogens with one attached hydrogen (secondary N) is 1. The molecular weight excluding hydrogens is 186 g/mol. The molecule has 1 heterocycles. The second-order valence-electron chi connectivity index (χ2n) is 3.99. The normalized spacial score (nSPS) is 12.4. The first-order chi connectivity index (χ1) is 7.33. The first kappa shape index (κ1) is 12.0. The Labute approximate surface area is 92.3 Å². The van der Waals surface area contributed by atoms with Crippen molar-refractivity contribution in [1.82, 2.24) is 9.97 Å². The maximum absolute atomic E-state index is 4.14. The van der Waals surface area contributed by atoms with E-state index in [1.165, 1.54) is 32.1 Å². The van der Waals surface area contributed by atoms with Gasteiger partial charge in [-0.2, -0.15) is 0 Å². The molecule has 0 bridgehead atoms. The van der Waals surface area contributed by atoms with Crippen molar-refractivity contribution in [2.24, 2.45) is 0 Å². The van der Waals surface area contributed by atoms with Crippen LogP contribution in [0.1, 0.15) is 46.0 Å². The number of hydrogen-bond acceptors (Lipinski definition) is 3. The topological polar surface area (TPSA) is 37.8 Å². The summed E-state index contributed by atoms with van der Waals surface area (Å²) < 4.78 is 0. The van der Waals surface area contributed by atoms with Crippen LogP contribution >= 0.6 is 0 Å². The molecule has 15 heavy (non-hydrogen) atoms. The zero-order valence-electron chi connectivity index (χ0n) is 9.74. The number of rotatable bonds is 7. The van der Waals surface area contributed by atoms with E-state index in [4.69, 9.17) is 0 Å². The lowest BCUT2D eigenvalue weighted by molar-refractivity contribution is 0.593. The van der Waals surface area contributed by atoms with Crippen LogP contribution in [-0.2, 0) is 0 Å². The number of nitrogens with zero attached hydrogens (tertiary/aromatic N) is 2. The predicted molar refractivity (Wildman–Crippen MR) is 63.9 cm³/mol. The lowest BCUT2D eigenvalue weighted by Gasteiger charge is -2.13. The van der Waals surface area contributed by atoms with Gasteiger partial charge in [0.2, 0.25) is 0 Å². The third kappa shape index (κ3) is 5.35. The third-order valence-electron chi connectivity index (χ3n) is 2.47. The molecule has 1 rings (SSSR count). The van der Waals surface area contributed by atoms with Crippen LogP contribution in [0.3, 0.4) is 0 Å². The number of aromatic nitrogens is 2. The molecule has 84 valence electrons. The van der Waals surface area contributed by atoms with Crippen molar-refractivity contribution in [3.05, 3.63) is 18.6 Å². The van der Waals surface area contributed by atoms with Gasteiger partial charge in [0, 0.05) is 12.2 Å². The van der Waals surface area contributed by atoms with E-state index in [1.54, 1.807) is 12.5 Å². The summed E-state index contributed by atoms with van der Waals surface area (Å²) in [6, 6.07) is 2.40. The van der Waals surface area contributed by atoms with Crippen LogP contribution in [0.2, 0.25) is 0 Å². The molecule has 0 radical (unpaired) electrons. The Bertz CT molecular complexity index is 248. The Morgan fingerprint density at radius 1 is 1.33 bits per heavy atom. The summed E-state index contributed by atoms with van der Waals surface area (Å²) >= 11 is 0. The first-order valence-corrected chi connectivity index (χ1v) is 5.85. The lowest BCUT2D eigenvalue weighted by atomic mass is 10.1. The zero-order valence-corrected chi connectivity index (χ0v) is 9.74. The molecule has 0 aliphatic rings. The van der Waals surface area contributed by atoms with Crippen LogP contribution in [0, 0.1) is 0 Å². The average Bonchev–Trinajstić information content (AvgIpc) is 2.26. The zero-order chi connectivity index (χ0) is 10.9. The Balaban J connectivity index is 2.16. The van der Waals surface area contributed by atoms with Gasteiger partial charge in [0.25, 0.3) is 0 Å². The minimum atomic E-state index is 0.497. The van der Waals surface area contributed by atoms with Gasteiger partial charge in [0.1, 0.15) is 12.1 Å². The Hall–Kier alpha value is -1.12. The van der Waals surface area contributed by atoms with E-state index < -0.39 is 0 Å². The summed E-state index contributed by atoms with van der Waals surface area (Å²) in [6.45, 7) is 4.44. The van der Waals surface area contributed by atoms with E-state index in [1.807, 2.05) is 6.07 Å². The minimum absolute atomic E-state index is 0.497. The molecule has 0 aliphatic heterocycles. The van der Waals surface area contributed by atoms with Crippen molar-refractivity contribution < 1.29 is 0 Å². The van der Waals surface area contributed by atoms with Crippen LogP contribution in [0.15, 0.2) is 18.6 Å². The minimum Gasteiger partial charge on any atom is -0.368 e. The molecule has 1 aromatic rings. The SMILES string of the molecule is CCCCCCC(C)Nc1ccncn1. The Kier molecular flexibility index (Phi) is 5.74. The van der Waals surface area contributed by atoms with Gasteiger partial charge in [0.05, 0.1) is 0 Å². The summed E-state index contributed by atoms with van der Waals surface area (Å²) in [5.41, 5.74) is 0. The van der Waals surface area contributed by atoms with E-state index in [9.17, 15) is 0 Å². The van der Waals surface area contributed by atoms with Gasteiger partial charge in [-0.25, -0.2) is 9.97 Å². The fourth-order valence-electron chi connectivity index (χ4n) is 1.58. The monoisotopic (exact) mass is 207 g/mol. The summed E-state index contributed by atoms with van der Waals surface area (Å²) in [7, 11) is 0. The summed E-state index contributed by atoms with van der Waals surface area (Å²) in [5.74, 6) is 0.924. The molecular formula is C12H21N3. The molecule has 0 saturated heterocycles. The van der Waals surface area contributed by atoms with Crippen LogP contribution in [0.5, 0.6) is 0 Å². The molecule has 3 nitrogen and oxygen atoms in total. The van der Waals surface area contributed by atoms with E-state index in [2.05, 4.69) is 29.1 Å². The second kappa shape index (κ2) is 7.21. The fourth-order valence-corrected chi connectivity index (χ4v) is 1.58. The van der Waals surface area contributed by atoms with Crippen molar-refractivity contribution in [3.8, 4) is 0 Å². The molecule has 1 unspecified atom stereocenters. The maximum atomic E-state index is 4.14. The molecule has 1 aromatic heterocycles. The Morgan fingerprint density at radius 2 is 2.20 bits per heavy atom. The van der Waals surface area contributed by atoms with Gasteiger partial charge in [-0.3, -0.25) is 0 Å². The molecule has 0 saturated carbocycles. The Morgan fingerprint density at radius 3 is 2.87 bits per heavy atom. The van der Waals surface area contributed by atoms with Crippen LogP contribution in [-0.4, -0.2) is 16.0 Å². The van der Waals surface area contributed by atoms with Gasteiger partial charge >= 0.3 is 0 Å². The molecule has 0 amide bonds. The molecule has 1 atom stereocenters. The van der Waals surface area contributed by atoms with E-state index in [-0.39, 0.29) is 0 Å². The molecule has 1 N–H and O–H groups in total. The largest absolute Gasteiger partial charge is 0.368 e. The van der Waals surface area contributed by atoms with Gasteiger partial charge in [-0.1, -0.05) is 32.6 Å². The predicted octanol–water partition coefficient (Wildman–Crippen LogP) is 3.25. The first-order valence-electron chi connectivity index (χ1n) is 5.85. The summed E-state index contributed by atoms with van der Waals surface area (Å²) in [6.07, 6.45) is 9.84. The summed E-state index contributed by atoms with van der Waals surface area (Å²) in [4.78, 5) is 8.03. The molecule has 0 fully saturated rings. The van der Waals surface area contributed by atoms with Crippen molar-refractivity contribution in [1.29, 1.82) is 0 Å². The molecule has 0 spiro atoms. The lowest BCUT2D eigenvalue weighted by Crippen LogP contribution is -2.15. The van der Waals surface area contributed by atoms with E-state index >= 15 is 0 Å². The summed E-state index contributed by atoms with van der Waals surface area (Å²) in [5, 5.41) is 3.37. The highest BCUT2D eigenvalue weighted by Gasteiger charge is 2.01. The van der Waals surface area contributed by atoms with Crippen molar-refractivity contribution in [2.75, 3.05) is 5.32 Å². The number of unbranched alkanes of at least 4 members (excludes halogenated alkanes) is 3. The number of hydrogen-bond donors (Lipinski definition) is 1. The standard InChI is InChI=1S/C12H21N3/c1-3-4-5-6-7-11(2)15-12-8-9-13-10-14-12/h8-11H,3-7H2,1-2H3,(H,13,14,15). The van der Waals surface area contributed by atoms with Gasteiger partial charge in [-0.15, -0.1) is 0 Å². The second-order valence-corrected chi connectivity index (χ2v) is 3.99. The quantitative estimate of drug-likeness (QED) is 0.697. The van der Waals surface area contributed by atoms with E-state index in [0.717, 1.165) is 5.82 Å². The molecule has 0 aromatic carbocycles. The maximum Gasteiger partial charge on any atom is 0.129 e. The fraction of sp³-hybridized carbons (Fsp3) is 0.667. The third-order valence-corrected chi connectivity index (χ3v) is 2.47. The highest BCUT2D eigenvalue weighted by molar-refractivity contribution is 5.32. The molecule has 0 aliphatic carbocycles. The smallest absolute Gasteiger partial charge is 0.129 e. The van der Waals surface area contributed by atoms with Crippen molar-refractivity contribution >= 4 is 5.82 Å². The van der Waals surface area contributed by atoms with Gasteiger partial charge in [0.15, 0.2) is 0 Å². The van der Waals surface area contributed by atoms with Gasteiger partial charge < -0.3 is 5.32 Å². The number of anilines is 1. The van der Waals surface area contributed by atoms with Crippen molar-refractivity contribution in [2.45, 2.75) is 52.0 Å². The van der Waals surface area contributed by atoms with Crippen LogP contribution in [0.25, 0.3) is 0 Å². The average molecular weight is 207 g/mol. The molecule has 3 heteroatoms. The highest BCUT2D eigenvalue weighted by Crippen LogP contribution is 2.09. The van der Waals surface area contributed by atoms with Gasteiger partial charge in [-0.05, 0) is 19.4 Å². The van der Waals surface area contributed by atoms with Crippen molar-refractivity contribution in [3.63, 3.8) is 0 Å². The van der Waals surface area contributed by atoms with E-state index in [0.29, 0.717) is 6.04 Å². The van der Waals surface area contributed by atoms with Crippen LogP contribution < -0.4 is 5.32 Å².